The summed E-state index contributed by atoms with van der Waals surface area (Å²) in [5, 5.41) is 4.53. The molecule has 4 nitrogen and oxygen atoms in total. The minimum absolute atomic E-state index is 0.237. The lowest BCUT2D eigenvalue weighted by Gasteiger charge is -2.26. The molecule has 0 saturated carbocycles. The van der Waals surface area contributed by atoms with Gasteiger partial charge in [0.1, 0.15) is 5.60 Å². The van der Waals surface area contributed by atoms with Gasteiger partial charge in [-0.25, -0.2) is 4.79 Å². The fraction of sp³-hybridized carbons (Fsp3) is 0.588. The van der Waals surface area contributed by atoms with E-state index in [-0.39, 0.29) is 12.1 Å². The van der Waals surface area contributed by atoms with Crippen molar-refractivity contribution in [3.8, 4) is 0 Å². The number of hydrogen-bond donors (Lipinski definition) is 1. The molecule has 0 spiro atoms. The third kappa shape index (κ3) is 5.47. The van der Waals surface area contributed by atoms with E-state index in [1.807, 2.05) is 32.9 Å². The number of rotatable bonds is 2. The fourth-order valence-corrected chi connectivity index (χ4v) is 2.94. The summed E-state index contributed by atoms with van der Waals surface area (Å²) in [4.78, 5) is 14.0. The van der Waals surface area contributed by atoms with Crippen molar-refractivity contribution in [2.75, 3.05) is 18.4 Å². The van der Waals surface area contributed by atoms with Crippen LogP contribution in [0.15, 0.2) is 18.2 Å². The van der Waals surface area contributed by atoms with Crippen LogP contribution in [0.2, 0.25) is 10.0 Å². The lowest BCUT2D eigenvalue weighted by Crippen LogP contribution is -2.37. The second-order valence-corrected chi connectivity index (χ2v) is 7.63. The van der Waals surface area contributed by atoms with Gasteiger partial charge in [-0.3, -0.25) is 0 Å². The number of likely N-dealkylation sites (tertiary alicyclic amines) is 1. The van der Waals surface area contributed by atoms with Crippen molar-refractivity contribution in [3.05, 3.63) is 28.2 Å². The maximum absolute atomic E-state index is 12.2. The van der Waals surface area contributed by atoms with Crippen LogP contribution in [0, 0.1) is 0 Å². The molecule has 1 amide bonds. The number of anilines is 1. The van der Waals surface area contributed by atoms with Crippen LogP contribution in [0.5, 0.6) is 0 Å². The molecule has 1 fully saturated rings. The Bertz CT molecular complexity index is 558. The number of hydrogen-bond acceptors (Lipinski definition) is 3. The molecule has 1 aromatic carbocycles. The van der Waals surface area contributed by atoms with Crippen molar-refractivity contribution in [3.63, 3.8) is 0 Å². The Hall–Kier alpha value is -1.13. The highest BCUT2D eigenvalue weighted by atomic mass is 35.5. The summed E-state index contributed by atoms with van der Waals surface area (Å²) in [6, 6.07) is 5.83. The Kier molecular flexibility index (Phi) is 6.04. The van der Waals surface area contributed by atoms with Gasteiger partial charge in [0.15, 0.2) is 0 Å². The average molecular weight is 359 g/mol. The fourth-order valence-electron chi connectivity index (χ4n) is 2.58. The maximum Gasteiger partial charge on any atom is 0.410 e. The zero-order valence-corrected chi connectivity index (χ0v) is 15.4. The molecular weight excluding hydrogens is 335 g/mol. The quantitative estimate of drug-likeness (QED) is 0.790. The zero-order chi connectivity index (χ0) is 17.0. The van der Waals surface area contributed by atoms with Gasteiger partial charge in [0.25, 0.3) is 0 Å². The molecule has 0 aliphatic carbocycles. The van der Waals surface area contributed by atoms with Gasteiger partial charge >= 0.3 is 6.09 Å². The molecule has 1 unspecified atom stereocenters. The minimum Gasteiger partial charge on any atom is -0.444 e. The molecule has 23 heavy (non-hydrogen) atoms. The topological polar surface area (TPSA) is 41.6 Å². The molecule has 6 heteroatoms. The second-order valence-electron chi connectivity index (χ2n) is 6.84. The Balaban J connectivity index is 1.93. The highest BCUT2D eigenvalue weighted by molar-refractivity contribution is 6.43. The third-order valence-electron chi connectivity index (χ3n) is 3.69. The second kappa shape index (κ2) is 7.63. The van der Waals surface area contributed by atoms with E-state index in [1.54, 1.807) is 11.0 Å². The van der Waals surface area contributed by atoms with Crippen LogP contribution >= 0.6 is 23.2 Å². The lowest BCUT2D eigenvalue weighted by atomic mass is 10.1. The highest BCUT2D eigenvalue weighted by Crippen LogP contribution is 2.31. The van der Waals surface area contributed by atoms with Crippen LogP contribution in [0.1, 0.15) is 40.0 Å². The number of nitrogens with one attached hydrogen (secondary N) is 1. The lowest BCUT2D eigenvalue weighted by molar-refractivity contribution is 0.0256. The number of halogens is 2. The monoisotopic (exact) mass is 358 g/mol. The van der Waals surface area contributed by atoms with Gasteiger partial charge in [-0.1, -0.05) is 29.3 Å². The van der Waals surface area contributed by atoms with Gasteiger partial charge in [-0.05, 0) is 52.2 Å². The van der Waals surface area contributed by atoms with Crippen LogP contribution in [-0.4, -0.2) is 35.7 Å². The van der Waals surface area contributed by atoms with Crippen molar-refractivity contribution in [2.24, 2.45) is 0 Å². The van der Waals surface area contributed by atoms with Gasteiger partial charge in [0.2, 0.25) is 0 Å². The standard InChI is InChI=1S/C17H24Cl2N2O2/c1-17(2,3)23-16(22)21-10-5-6-12(9-11-21)20-14-8-4-7-13(18)15(14)19/h4,7-8,12,20H,5-6,9-11H2,1-3H3. The first-order valence-corrected chi connectivity index (χ1v) is 8.70. The van der Waals surface area contributed by atoms with Crippen molar-refractivity contribution >= 4 is 35.0 Å². The number of amides is 1. The number of carbonyl (C=O) groups is 1. The molecule has 0 bridgehead atoms. The zero-order valence-electron chi connectivity index (χ0n) is 13.9. The molecule has 1 N–H and O–H groups in total. The van der Waals surface area contributed by atoms with Crippen LogP contribution in [0.25, 0.3) is 0 Å². The molecule has 2 rings (SSSR count). The molecule has 128 valence electrons. The molecule has 1 saturated heterocycles. The summed E-state index contributed by atoms with van der Waals surface area (Å²) in [5.41, 5.74) is 0.380. The van der Waals surface area contributed by atoms with Gasteiger partial charge in [-0.2, -0.15) is 0 Å². The van der Waals surface area contributed by atoms with Gasteiger partial charge in [0, 0.05) is 19.1 Å². The van der Waals surface area contributed by atoms with E-state index in [0.717, 1.165) is 31.5 Å². The van der Waals surface area contributed by atoms with Crippen molar-refractivity contribution in [2.45, 2.75) is 51.7 Å². The SMILES string of the molecule is CC(C)(C)OC(=O)N1CCCC(Nc2cccc(Cl)c2Cl)CC1. The average Bonchev–Trinajstić information content (AvgIpc) is 2.68. The van der Waals surface area contributed by atoms with Crippen molar-refractivity contribution < 1.29 is 9.53 Å². The van der Waals surface area contributed by atoms with E-state index in [2.05, 4.69) is 5.32 Å². The minimum atomic E-state index is -0.463. The van der Waals surface area contributed by atoms with Crippen LogP contribution in [0.4, 0.5) is 10.5 Å². The largest absolute Gasteiger partial charge is 0.444 e. The smallest absolute Gasteiger partial charge is 0.410 e. The Morgan fingerprint density at radius 1 is 1.26 bits per heavy atom. The van der Waals surface area contributed by atoms with Gasteiger partial charge < -0.3 is 15.0 Å². The van der Waals surface area contributed by atoms with E-state index in [0.29, 0.717) is 16.6 Å². The number of nitrogens with zero attached hydrogens (tertiary/aromatic N) is 1. The summed E-state index contributed by atoms with van der Waals surface area (Å²) >= 11 is 12.3. The summed E-state index contributed by atoms with van der Waals surface area (Å²) in [6.45, 7) is 7.04. The third-order valence-corrected chi connectivity index (χ3v) is 4.51. The van der Waals surface area contributed by atoms with Crippen LogP contribution in [0.3, 0.4) is 0 Å². The van der Waals surface area contributed by atoms with E-state index in [1.165, 1.54) is 0 Å². The summed E-state index contributed by atoms with van der Waals surface area (Å²) < 4.78 is 5.45. The predicted molar refractivity (Wildman–Crippen MR) is 95.5 cm³/mol. The summed E-state index contributed by atoms with van der Waals surface area (Å²) in [5.74, 6) is 0. The highest BCUT2D eigenvalue weighted by Gasteiger charge is 2.25. The number of benzene rings is 1. The Labute approximate surface area is 148 Å². The van der Waals surface area contributed by atoms with E-state index in [4.69, 9.17) is 27.9 Å². The molecule has 1 atom stereocenters. The van der Waals surface area contributed by atoms with Gasteiger partial charge in [0.05, 0.1) is 15.7 Å². The molecule has 1 heterocycles. The first-order chi connectivity index (χ1) is 10.8. The number of ether oxygens (including phenoxy) is 1. The van der Waals surface area contributed by atoms with Gasteiger partial charge in [-0.15, -0.1) is 0 Å². The normalized spacial score (nSPS) is 19.2. The Morgan fingerprint density at radius 3 is 2.70 bits per heavy atom. The Morgan fingerprint density at radius 2 is 2.00 bits per heavy atom. The maximum atomic E-state index is 12.2. The summed E-state index contributed by atoms with van der Waals surface area (Å²) in [7, 11) is 0. The van der Waals surface area contributed by atoms with E-state index in [9.17, 15) is 4.79 Å². The van der Waals surface area contributed by atoms with Crippen LogP contribution < -0.4 is 5.32 Å². The van der Waals surface area contributed by atoms with Crippen molar-refractivity contribution in [1.82, 2.24) is 4.90 Å². The van der Waals surface area contributed by atoms with E-state index >= 15 is 0 Å². The molecular formula is C17H24Cl2N2O2. The van der Waals surface area contributed by atoms with Crippen molar-refractivity contribution in [1.29, 1.82) is 0 Å². The van der Waals surface area contributed by atoms with E-state index < -0.39 is 5.60 Å². The molecule has 1 aliphatic heterocycles. The first kappa shape index (κ1) is 18.2. The molecule has 0 radical (unpaired) electrons. The first-order valence-electron chi connectivity index (χ1n) is 7.95. The summed E-state index contributed by atoms with van der Waals surface area (Å²) in [6.07, 6.45) is 2.51. The molecule has 1 aliphatic rings. The predicted octanol–water partition coefficient (Wildman–Crippen LogP) is 5.19. The molecule has 1 aromatic rings. The number of carbonyl (C=O) groups excluding carboxylic acids is 1. The molecule has 0 aromatic heterocycles. The van der Waals surface area contributed by atoms with Crippen LogP contribution in [-0.2, 0) is 4.74 Å².